The molecule has 0 bridgehead atoms. The minimum Gasteiger partial charge on any atom is -1.00 e. The summed E-state index contributed by atoms with van der Waals surface area (Å²) in [6.45, 7) is 0. The molecule has 1 aromatic carbocycles. The van der Waals surface area contributed by atoms with Crippen LogP contribution in [0.2, 0.25) is 0 Å². The quantitative estimate of drug-likeness (QED) is 0.427. The second kappa shape index (κ2) is 7.70. The summed E-state index contributed by atoms with van der Waals surface area (Å²) in [4.78, 5) is 20.9. The van der Waals surface area contributed by atoms with Gasteiger partial charge in [0.15, 0.2) is 0 Å². The van der Waals surface area contributed by atoms with Crippen molar-refractivity contribution in [2.45, 2.75) is 6.42 Å². The van der Waals surface area contributed by atoms with E-state index in [1.54, 1.807) is 24.3 Å². The van der Waals surface area contributed by atoms with Crippen LogP contribution in [0, 0.1) is 0 Å². The molecule has 4 nitrogen and oxygen atoms in total. The smallest absolute Gasteiger partial charge is 1.00 e. The van der Waals surface area contributed by atoms with Crippen molar-refractivity contribution in [1.82, 2.24) is 0 Å². The Balaban J connectivity index is -0.000000480. The monoisotopic (exact) mass is 206 g/mol. The van der Waals surface area contributed by atoms with Crippen LogP contribution in [0.15, 0.2) is 30.3 Å². The molecule has 0 aliphatic rings. The maximum atomic E-state index is 10.7. The fraction of sp³-hybridized carbons (Fsp3) is 0.111. The molecule has 0 aliphatic carbocycles. The van der Waals surface area contributed by atoms with Gasteiger partial charge in [0.1, 0.15) is 0 Å². The average Bonchev–Trinajstić information content (AvgIpc) is 2.06. The topological polar surface area (TPSA) is 85.9 Å². The van der Waals surface area contributed by atoms with E-state index in [1.807, 2.05) is 6.07 Å². The van der Waals surface area contributed by atoms with Gasteiger partial charge in [0.25, 0.3) is 0 Å². The first kappa shape index (κ1) is 15.8. The number of carbonyl (C=O) groups excluding carboxylic acids is 1. The van der Waals surface area contributed by atoms with Crippen LogP contribution < -0.4 is 29.6 Å². The van der Waals surface area contributed by atoms with Crippen molar-refractivity contribution in [3.05, 3.63) is 35.9 Å². The Bertz CT molecular complexity index is 302. The van der Waals surface area contributed by atoms with Crippen molar-refractivity contribution in [1.29, 1.82) is 0 Å². The van der Waals surface area contributed by atoms with Gasteiger partial charge in [0, 0.05) is 6.42 Å². The predicted octanol–water partition coefficient (Wildman–Crippen LogP) is -2.83. The van der Waals surface area contributed by atoms with Gasteiger partial charge in [-0.15, -0.1) is 0 Å². The van der Waals surface area contributed by atoms with Crippen molar-refractivity contribution in [2.75, 3.05) is 0 Å². The summed E-state index contributed by atoms with van der Waals surface area (Å²) >= 11 is 0. The number of rotatable bonds is 3. The fourth-order valence-corrected chi connectivity index (χ4v) is 0.857. The Morgan fingerprint density at radius 1 is 1.21 bits per heavy atom. The third-order valence-corrected chi connectivity index (χ3v) is 1.45. The Morgan fingerprint density at radius 3 is 2.14 bits per heavy atom. The van der Waals surface area contributed by atoms with Crippen LogP contribution in [0.3, 0.4) is 0 Å². The Kier molecular flexibility index (Phi) is 8.68. The van der Waals surface area contributed by atoms with Crippen LogP contribution in [0.25, 0.3) is 0 Å². The molecule has 1 rings (SSSR count). The maximum Gasteiger partial charge on any atom is 1.00 e. The molecule has 14 heavy (non-hydrogen) atoms. The van der Waals surface area contributed by atoms with Crippen molar-refractivity contribution >= 4 is 11.8 Å². The molecule has 0 saturated carbocycles. The number of hydrogen-bond acceptors (Lipinski definition) is 2. The molecular weight excluding hydrogens is 195 g/mol. The SMILES string of the molecule is O.O=C(O)C(=O)Cc1ccccc1.[H-].[Na+]. The number of ketones is 1. The van der Waals surface area contributed by atoms with E-state index in [-0.39, 0.29) is 42.9 Å². The number of carboxylic acid groups (broad SMARTS) is 1. The van der Waals surface area contributed by atoms with Gasteiger partial charge in [0.05, 0.1) is 0 Å². The van der Waals surface area contributed by atoms with Gasteiger partial charge < -0.3 is 12.0 Å². The predicted molar refractivity (Wildman–Crippen MR) is 47.5 cm³/mol. The van der Waals surface area contributed by atoms with E-state index in [9.17, 15) is 9.59 Å². The minimum atomic E-state index is -1.38. The third kappa shape index (κ3) is 5.14. The second-order valence-corrected chi connectivity index (χ2v) is 2.39. The molecule has 0 heterocycles. The molecule has 0 aromatic heterocycles. The summed E-state index contributed by atoms with van der Waals surface area (Å²) in [7, 11) is 0. The first-order valence-electron chi connectivity index (χ1n) is 3.50. The summed E-state index contributed by atoms with van der Waals surface area (Å²) in [5, 5.41) is 8.29. The maximum absolute atomic E-state index is 10.7. The van der Waals surface area contributed by atoms with Crippen LogP contribution >= 0.6 is 0 Å². The van der Waals surface area contributed by atoms with Gasteiger partial charge in [-0.2, -0.15) is 0 Å². The van der Waals surface area contributed by atoms with Crippen LogP contribution in [-0.2, 0) is 16.0 Å². The Hall–Kier alpha value is -0.680. The molecule has 1 aromatic rings. The van der Waals surface area contributed by atoms with Crippen molar-refractivity contribution in [3.63, 3.8) is 0 Å². The molecule has 0 saturated heterocycles. The molecule has 72 valence electrons. The summed E-state index contributed by atoms with van der Waals surface area (Å²) in [5.74, 6) is -2.15. The van der Waals surface area contributed by atoms with Crippen LogP contribution in [-0.4, -0.2) is 22.3 Å². The molecule has 0 fully saturated rings. The fourth-order valence-electron chi connectivity index (χ4n) is 0.857. The first-order valence-corrected chi connectivity index (χ1v) is 3.50. The van der Waals surface area contributed by atoms with E-state index >= 15 is 0 Å². The van der Waals surface area contributed by atoms with E-state index < -0.39 is 11.8 Å². The molecule has 0 unspecified atom stereocenters. The largest absolute Gasteiger partial charge is 1.00 e. The van der Waals surface area contributed by atoms with Crippen LogP contribution in [0.1, 0.15) is 6.99 Å². The van der Waals surface area contributed by atoms with E-state index in [4.69, 9.17) is 5.11 Å². The average molecular weight is 206 g/mol. The zero-order chi connectivity index (χ0) is 8.97. The second-order valence-electron chi connectivity index (χ2n) is 2.39. The zero-order valence-corrected chi connectivity index (χ0v) is 9.86. The van der Waals surface area contributed by atoms with Crippen LogP contribution in [0.4, 0.5) is 0 Å². The molecule has 0 aliphatic heterocycles. The van der Waals surface area contributed by atoms with Gasteiger partial charge in [-0.05, 0) is 5.56 Å². The summed E-state index contributed by atoms with van der Waals surface area (Å²) < 4.78 is 0. The number of Topliss-reactive ketones (excluding diaryl/α,β-unsaturated/α-hetero) is 1. The number of hydrogen-bond donors (Lipinski definition) is 1. The third-order valence-electron chi connectivity index (χ3n) is 1.45. The number of benzene rings is 1. The Morgan fingerprint density at radius 2 is 1.71 bits per heavy atom. The normalized spacial score (nSPS) is 8.00. The van der Waals surface area contributed by atoms with Crippen molar-refractivity contribution < 1.29 is 51.2 Å². The first-order chi connectivity index (χ1) is 5.70. The number of carboxylic acids is 1. The molecular formula is C9H11NaO4. The van der Waals surface area contributed by atoms with E-state index in [0.717, 1.165) is 5.56 Å². The van der Waals surface area contributed by atoms with Gasteiger partial charge in [0.2, 0.25) is 5.78 Å². The van der Waals surface area contributed by atoms with E-state index in [0.29, 0.717) is 0 Å². The number of carbonyl (C=O) groups is 2. The van der Waals surface area contributed by atoms with Gasteiger partial charge in [-0.1, -0.05) is 30.3 Å². The summed E-state index contributed by atoms with van der Waals surface area (Å²) in [5.41, 5.74) is 0.727. The van der Waals surface area contributed by atoms with Crippen molar-refractivity contribution in [3.8, 4) is 0 Å². The Labute approximate surface area is 105 Å². The zero-order valence-electron chi connectivity index (χ0n) is 8.86. The van der Waals surface area contributed by atoms with E-state index in [1.165, 1.54) is 0 Å². The van der Waals surface area contributed by atoms with Gasteiger partial charge >= 0.3 is 35.5 Å². The van der Waals surface area contributed by atoms with E-state index in [2.05, 4.69) is 0 Å². The molecule has 0 radical (unpaired) electrons. The molecule has 0 atom stereocenters. The molecule has 3 N–H and O–H groups in total. The minimum absolute atomic E-state index is 0. The van der Waals surface area contributed by atoms with Gasteiger partial charge in [-0.3, -0.25) is 4.79 Å². The number of aliphatic carboxylic acids is 1. The molecule has 0 amide bonds. The summed E-state index contributed by atoms with van der Waals surface area (Å²) in [6, 6.07) is 8.80. The van der Waals surface area contributed by atoms with Crippen LogP contribution in [0.5, 0.6) is 0 Å². The molecule has 0 spiro atoms. The van der Waals surface area contributed by atoms with Gasteiger partial charge in [-0.25, -0.2) is 4.79 Å². The standard InChI is InChI=1S/C9H8O3.Na.H2O.H/c10-8(9(11)12)6-7-4-2-1-3-5-7;;;/h1-5H,6H2,(H,11,12);;1H2;/q;+1;;-1. The molecule has 5 heteroatoms. The van der Waals surface area contributed by atoms with Crippen molar-refractivity contribution in [2.24, 2.45) is 0 Å². The summed E-state index contributed by atoms with van der Waals surface area (Å²) in [6.07, 6.45) is -0.0316.